The smallest absolute Gasteiger partial charge is 0.282 e. The van der Waals surface area contributed by atoms with E-state index in [1.165, 1.54) is 31.2 Å². The molecule has 0 saturated heterocycles. The standard InChI is InChI=1S/C20H21F2NO3S/c1-13-11-19(22)17(12-18(13)21)14-3-5-16(6-4-14)27(25,26)23-15-7-9-20(2,24)10-8-15/h3-6,11-12,24H,7-10H2,1-2H3. The highest BCUT2D eigenvalue weighted by molar-refractivity contribution is 7.90. The molecule has 0 amide bonds. The van der Waals surface area contributed by atoms with E-state index in [9.17, 15) is 22.3 Å². The predicted molar refractivity (Wildman–Crippen MR) is 100 cm³/mol. The van der Waals surface area contributed by atoms with Crippen molar-refractivity contribution >= 4 is 15.7 Å². The van der Waals surface area contributed by atoms with Crippen molar-refractivity contribution in [2.24, 2.45) is 4.40 Å². The number of sulfonamides is 1. The SMILES string of the molecule is Cc1cc(F)c(-c2ccc(S(=O)(=O)N=C3CCC(C)(O)CC3)cc2)cc1F. The summed E-state index contributed by atoms with van der Waals surface area (Å²) in [5.74, 6) is -1.10. The van der Waals surface area contributed by atoms with Crippen LogP contribution in [0.4, 0.5) is 8.78 Å². The summed E-state index contributed by atoms with van der Waals surface area (Å²) in [5.41, 5.74) is 0.419. The first-order valence-electron chi connectivity index (χ1n) is 8.69. The summed E-state index contributed by atoms with van der Waals surface area (Å²) in [7, 11) is -3.88. The molecule has 3 rings (SSSR count). The molecule has 0 heterocycles. The molecule has 2 aromatic carbocycles. The molecule has 2 aromatic rings. The lowest BCUT2D eigenvalue weighted by Crippen LogP contribution is -2.30. The highest BCUT2D eigenvalue weighted by Crippen LogP contribution is 2.29. The second-order valence-corrected chi connectivity index (χ2v) is 8.84. The van der Waals surface area contributed by atoms with E-state index >= 15 is 0 Å². The summed E-state index contributed by atoms with van der Waals surface area (Å²) < 4.78 is 56.7. The molecule has 1 N–H and O–H groups in total. The molecule has 4 nitrogen and oxygen atoms in total. The first-order chi connectivity index (χ1) is 12.6. The molecular weight excluding hydrogens is 372 g/mol. The van der Waals surface area contributed by atoms with E-state index in [0.717, 1.165) is 12.1 Å². The molecule has 27 heavy (non-hydrogen) atoms. The van der Waals surface area contributed by atoms with Gasteiger partial charge < -0.3 is 5.11 Å². The Morgan fingerprint density at radius 3 is 2.22 bits per heavy atom. The molecule has 144 valence electrons. The number of aryl methyl sites for hydroxylation is 1. The van der Waals surface area contributed by atoms with E-state index in [1.807, 2.05) is 0 Å². The first kappa shape index (κ1) is 19.6. The second-order valence-electron chi connectivity index (χ2n) is 7.24. The van der Waals surface area contributed by atoms with Gasteiger partial charge in [0.15, 0.2) is 0 Å². The number of hydrogen-bond donors (Lipinski definition) is 1. The molecule has 1 aliphatic carbocycles. The van der Waals surface area contributed by atoms with Crippen LogP contribution in [0.1, 0.15) is 38.2 Å². The van der Waals surface area contributed by atoms with Crippen LogP contribution in [0.3, 0.4) is 0 Å². The Kier molecular flexibility index (Phi) is 5.18. The Hall–Kier alpha value is -2.12. The van der Waals surface area contributed by atoms with Crippen molar-refractivity contribution in [1.29, 1.82) is 0 Å². The third-order valence-corrected chi connectivity index (χ3v) is 6.23. The third-order valence-electron chi connectivity index (χ3n) is 4.87. The number of halogens is 2. The Balaban J connectivity index is 1.86. The van der Waals surface area contributed by atoms with Crippen molar-refractivity contribution in [2.45, 2.75) is 50.0 Å². The number of rotatable bonds is 3. The van der Waals surface area contributed by atoms with Crippen LogP contribution in [0.2, 0.25) is 0 Å². The maximum atomic E-state index is 14.1. The van der Waals surface area contributed by atoms with E-state index in [4.69, 9.17) is 0 Å². The molecule has 0 aromatic heterocycles. The molecule has 7 heteroatoms. The fourth-order valence-electron chi connectivity index (χ4n) is 3.07. The lowest BCUT2D eigenvalue weighted by molar-refractivity contribution is 0.0399. The summed E-state index contributed by atoms with van der Waals surface area (Å²) in [6.45, 7) is 3.20. The van der Waals surface area contributed by atoms with Gasteiger partial charge in [-0.25, -0.2) is 8.78 Å². The van der Waals surface area contributed by atoms with Gasteiger partial charge in [0.25, 0.3) is 10.0 Å². The van der Waals surface area contributed by atoms with Gasteiger partial charge in [0.1, 0.15) is 11.6 Å². The highest BCUT2D eigenvalue weighted by atomic mass is 32.2. The number of benzene rings is 2. The van der Waals surface area contributed by atoms with Gasteiger partial charge in [-0.15, -0.1) is 0 Å². The maximum Gasteiger partial charge on any atom is 0.282 e. The average molecular weight is 393 g/mol. The minimum absolute atomic E-state index is 0.0101. The van der Waals surface area contributed by atoms with Crippen molar-refractivity contribution in [3.63, 3.8) is 0 Å². The molecule has 0 atom stereocenters. The fourth-order valence-corrected chi connectivity index (χ4v) is 4.17. The van der Waals surface area contributed by atoms with Crippen LogP contribution in [-0.2, 0) is 10.0 Å². The van der Waals surface area contributed by atoms with Gasteiger partial charge in [-0.1, -0.05) is 12.1 Å². The zero-order chi connectivity index (χ0) is 19.8. The molecule has 1 saturated carbocycles. The van der Waals surface area contributed by atoms with Crippen LogP contribution in [0.15, 0.2) is 45.7 Å². The summed E-state index contributed by atoms with van der Waals surface area (Å²) in [6.07, 6.45) is 1.80. The Morgan fingerprint density at radius 1 is 1.04 bits per heavy atom. The molecule has 1 aliphatic rings. The second kappa shape index (κ2) is 7.13. The van der Waals surface area contributed by atoms with Gasteiger partial charge in [0.2, 0.25) is 0 Å². The van der Waals surface area contributed by atoms with Crippen LogP contribution >= 0.6 is 0 Å². The van der Waals surface area contributed by atoms with Gasteiger partial charge in [0, 0.05) is 11.3 Å². The minimum atomic E-state index is -3.88. The lowest BCUT2D eigenvalue weighted by atomic mass is 9.85. The van der Waals surface area contributed by atoms with Crippen LogP contribution in [-0.4, -0.2) is 24.8 Å². The van der Waals surface area contributed by atoms with Crippen molar-refractivity contribution in [3.8, 4) is 11.1 Å². The zero-order valence-electron chi connectivity index (χ0n) is 15.2. The Labute approximate surface area is 157 Å². The van der Waals surface area contributed by atoms with Gasteiger partial charge in [0.05, 0.1) is 10.5 Å². The lowest BCUT2D eigenvalue weighted by Gasteiger charge is -2.28. The summed E-state index contributed by atoms with van der Waals surface area (Å²) in [5, 5.41) is 9.94. The van der Waals surface area contributed by atoms with E-state index in [2.05, 4.69) is 4.40 Å². The summed E-state index contributed by atoms with van der Waals surface area (Å²) >= 11 is 0. The van der Waals surface area contributed by atoms with Gasteiger partial charge in [-0.3, -0.25) is 0 Å². The third kappa shape index (κ3) is 4.42. The summed E-state index contributed by atoms with van der Waals surface area (Å²) in [4.78, 5) is -0.0101. The van der Waals surface area contributed by atoms with Crippen molar-refractivity contribution in [1.82, 2.24) is 0 Å². The molecule has 1 fully saturated rings. The number of hydrogen-bond acceptors (Lipinski definition) is 3. The number of nitrogens with zero attached hydrogens (tertiary/aromatic N) is 1. The Morgan fingerprint density at radius 2 is 1.63 bits per heavy atom. The van der Waals surface area contributed by atoms with E-state index in [0.29, 0.717) is 37.0 Å². The van der Waals surface area contributed by atoms with E-state index in [1.54, 1.807) is 6.92 Å². The summed E-state index contributed by atoms with van der Waals surface area (Å²) in [6, 6.07) is 7.76. The van der Waals surface area contributed by atoms with Crippen LogP contribution in [0, 0.1) is 18.6 Å². The topological polar surface area (TPSA) is 66.7 Å². The predicted octanol–water partition coefficient (Wildman–Crippen LogP) is 4.39. The maximum absolute atomic E-state index is 14.1. The van der Waals surface area contributed by atoms with Crippen LogP contribution in [0.25, 0.3) is 11.1 Å². The van der Waals surface area contributed by atoms with Crippen LogP contribution in [0.5, 0.6) is 0 Å². The molecule has 0 aliphatic heterocycles. The van der Waals surface area contributed by atoms with E-state index < -0.39 is 27.3 Å². The van der Waals surface area contributed by atoms with E-state index in [-0.39, 0.29) is 16.0 Å². The molecular formula is C20H21F2NO3S. The quantitative estimate of drug-likeness (QED) is 0.841. The monoisotopic (exact) mass is 393 g/mol. The molecule has 0 bridgehead atoms. The zero-order valence-corrected chi connectivity index (χ0v) is 16.0. The average Bonchev–Trinajstić information content (AvgIpc) is 2.60. The van der Waals surface area contributed by atoms with Crippen molar-refractivity contribution in [2.75, 3.05) is 0 Å². The van der Waals surface area contributed by atoms with Gasteiger partial charge in [-0.05, 0) is 74.9 Å². The molecule has 0 radical (unpaired) electrons. The fraction of sp³-hybridized carbons (Fsp3) is 0.350. The van der Waals surface area contributed by atoms with Crippen molar-refractivity contribution < 1.29 is 22.3 Å². The minimum Gasteiger partial charge on any atom is -0.390 e. The largest absolute Gasteiger partial charge is 0.390 e. The first-order valence-corrected chi connectivity index (χ1v) is 10.1. The highest BCUT2D eigenvalue weighted by Gasteiger charge is 2.27. The molecule has 0 unspecified atom stereocenters. The molecule has 0 spiro atoms. The van der Waals surface area contributed by atoms with Gasteiger partial charge >= 0.3 is 0 Å². The van der Waals surface area contributed by atoms with Crippen molar-refractivity contribution in [3.05, 3.63) is 53.6 Å². The Bertz CT molecular complexity index is 985. The van der Waals surface area contributed by atoms with Crippen LogP contribution < -0.4 is 0 Å². The normalized spacial score (nSPS) is 20.6. The van der Waals surface area contributed by atoms with Gasteiger partial charge in [-0.2, -0.15) is 12.8 Å². The number of aliphatic hydroxyl groups is 1.